The van der Waals surface area contributed by atoms with Gasteiger partial charge >= 0.3 is 0 Å². The fraction of sp³-hybridized carbons (Fsp3) is 0.833. The second-order valence-corrected chi connectivity index (χ2v) is 5.08. The molecule has 98 valence electrons. The molecule has 17 heavy (non-hydrogen) atoms. The van der Waals surface area contributed by atoms with E-state index in [4.69, 9.17) is 0 Å². The lowest BCUT2D eigenvalue weighted by Gasteiger charge is -2.20. The first-order valence-corrected chi connectivity index (χ1v) is 6.11. The lowest BCUT2D eigenvalue weighted by molar-refractivity contribution is -0.141. The smallest absolute Gasteiger partial charge is 0.232 e. The van der Waals surface area contributed by atoms with Crippen molar-refractivity contribution in [2.75, 3.05) is 13.1 Å². The van der Waals surface area contributed by atoms with Gasteiger partial charge in [0.2, 0.25) is 11.8 Å². The summed E-state index contributed by atoms with van der Waals surface area (Å²) in [6.07, 6.45) is -0.706. The molecule has 0 aromatic heterocycles. The second kappa shape index (κ2) is 5.60. The van der Waals surface area contributed by atoms with Crippen LogP contribution in [0.5, 0.6) is 0 Å². The van der Waals surface area contributed by atoms with Gasteiger partial charge in [0.25, 0.3) is 0 Å². The topological polar surface area (TPSA) is 69.6 Å². The lowest BCUT2D eigenvalue weighted by Crippen LogP contribution is -2.42. The van der Waals surface area contributed by atoms with Gasteiger partial charge in [0.15, 0.2) is 0 Å². The molecule has 1 aliphatic heterocycles. The van der Waals surface area contributed by atoms with E-state index in [0.717, 1.165) is 0 Å². The zero-order valence-electron chi connectivity index (χ0n) is 10.9. The number of carbonyl (C=O) groups excluding carboxylic acids is 2. The predicted octanol–water partition coefficient (Wildman–Crippen LogP) is -0.0137. The van der Waals surface area contributed by atoms with E-state index in [1.807, 2.05) is 13.8 Å². The standard InChI is InChI=1S/C12H22N2O3/c1-7(2)13-5-10(15)6-14-11(16)8(3)9(4)12(14)17/h7-10,13,15H,5-6H2,1-4H3. The summed E-state index contributed by atoms with van der Waals surface area (Å²) >= 11 is 0. The van der Waals surface area contributed by atoms with Gasteiger partial charge in [0.05, 0.1) is 12.6 Å². The average Bonchev–Trinajstić information content (AvgIpc) is 2.44. The first-order valence-electron chi connectivity index (χ1n) is 6.11. The number of nitrogens with one attached hydrogen (secondary N) is 1. The van der Waals surface area contributed by atoms with Crippen molar-refractivity contribution in [3.63, 3.8) is 0 Å². The molecule has 0 saturated carbocycles. The molecule has 5 heteroatoms. The Morgan fingerprint density at radius 3 is 2.12 bits per heavy atom. The molecule has 0 spiro atoms. The number of likely N-dealkylation sites (tertiary alicyclic amines) is 1. The van der Waals surface area contributed by atoms with Gasteiger partial charge in [-0.05, 0) is 0 Å². The van der Waals surface area contributed by atoms with Gasteiger partial charge in [0, 0.05) is 24.4 Å². The van der Waals surface area contributed by atoms with Crippen molar-refractivity contribution in [3.05, 3.63) is 0 Å². The predicted molar refractivity (Wildman–Crippen MR) is 64.2 cm³/mol. The number of hydrogen-bond acceptors (Lipinski definition) is 4. The van der Waals surface area contributed by atoms with Gasteiger partial charge in [-0.1, -0.05) is 27.7 Å². The minimum atomic E-state index is -0.706. The van der Waals surface area contributed by atoms with Crippen LogP contribution in [0.15, 0.2) is 0 Å². The van der Waals surface area contributed by atoms with Crippen molar-refractivity contribution in [2.24, 2.45) is 11.8 Å². The maximum absolute atomic E-state index is 11.8. The van der Waals surface area contributed by atoms with Crippen molar-refractivity contribution in [2.45, 2.75) is 39.8 Å². The van der Waals surface area contributed by atoms with E-state index in [-0.39, 0.29) is 36.2 Å². The van der Waals surface area contributed by atoms with E-state index >= 15 is 0 Å². The van der Waals surface area contributed by atoms with E-state index in [1.54, 1.807) is 13.8 Å². The third-order valence-corrected chi connectivity index (χ3v) is 3.22. The second-order valence-electron chi connectivity index (χ2n) is 5.08. The molecular formula is C12H22N2O3. The highest BCUT2D eigenvalue weighted by molar-refractivity contribution is 6.04. The van der Waals surface area contributed by atoms with Gasteiger partial charge in [0.1, 0.15) is 0 Å². The van der Waals surface area contributed by atoms with E-state index in [9.17, 15) is 14.7 Å². The van der Waals surface area contributed by atoms with Gasteiger partial charge in [-0.15, -0.1) is 0 Å². The SMILES string of the molecule is CC(C)NCC(O)CN1C(=O)C(C)C(C)C1=O. The number of rotatable bonds is 5. The summed E-state index contributed by atoms with van der Waals surface area (Å²) in [7, 11) is 0. The van der Waals surface area contributed by atoms with Crippen LogP contribution in [0.1, 0.15) is 27.7 Å². The molecule has 1 aliphatic rings. The summed E-state index contributed by atoms with van der Waals surface area (Å²) < 4.78 is 0. The molecule has 0 bridgehead atoms. The Labute approximate surface area is 102 Å². The third-order valence-electron chi connectivity index (χ3n) is 3.22. The Balaban J connectivity index is 2.51. The van der Waals surface area contributed by atoms with Crippen LogP contribution in [0.4, 0.5) is 0 Å². The van der Waals surface area contributed by atoms with E-state index in [2.05, 4.69) is 5.32 Å². The summed E-state index contributed by atoms with van der Waals surface area (Å²) in [6, 6.07) is 0.271. The van der Waals surface area contributed by atoms with E-state index in [0.29, 0.717) is 6.54 Å². The van der Waals surface area contributed by atoms with Gasteiger partial charge < -0.3 is 10.4 Å². The van der Waals surface area contributed by atoms with Crippen molar-refractivity contribution >= 4 is 11.8 Å². The van der Waals surface area contributed by atoms with Crippen LogP contribution in [0.3, 0.4) is 0 Å². The number of nitrogens with zero attached hydrogens (tertiary/aromatic N) is 1. The van der Waals surface area contributed by atoms with Gasteiger partial charge in [-0.3, -0.25) is 14.5 Å². The maximum atomic E-state index is 11.8. The molecule has 1 heterocycles. The number of amides is 2. The van der Waals surface area contributed by atoms with Gasteiger partial charge in [-0.25, -0.2) is 0 Å². The number of imide groups is 1. The normalized spacial score (nSPS) is 27.1. The van der Waals surface area contributed by atoms with Crippen LogP contribution in [-0.2, 0) is 9.59 Å². The summed E-state index contributed by atoms with van der Waals surface area (Å²) in [5.41, 5.74) is 0. The molecule has 0 radical (unpaired) electrons. The first kappa shape index (κ1) is 14.1. The van der Waals surface area contributed by atoms with Crippen LogP contribution < -0.4 is 5.32 Å². The molecule has 3 atom stereocenters. The van der Waals surface area contributed by atoms with Crippen molar-refractivity contribution in [1.82, 2.24) is 10.2 Å². The molecule has 3 unspecified atom stereocenters. The Hall–Kier alpha value is -0.940. The quantitative estimate of drug-likeness (QED) is 0.665. The van der Waals surface area contributed by atoms with Crippen LogP contribution in [0, 0.1) is 11.8 Å². The summed E-state index contributed by atoms with van der Waals surface area (Å²) in [5.74, 6) is -0.891. The third kappa shape index (κ3) is 3.26. The summed E-state index contributed by atoms with van der Waals surface area (Å²) in [5, 5.41) is 12.8. The highest BCUT2D eigenvalue weighted by Crippen LogP contribution is 2.25. The Bertz CT molecular complexity index is 284. The van der Waals surface area contributed by atoms with Crippen molar-refractivity contribution < 1.29 is 14.7 Å². The number of aliphatic hydroxyl groups excluding tert-OH is 1. The molecular weight excluding hydrogens is 220 g/mol. The van der Waals surface area contributed by atoms with Crippen LogP contribution in [0.2, 0.25) is 0 Å². The monoisotopic (exact) mass is 242 g/mol. The highest BCUT2D eigenvalue weighted by atomic mass is 16.3. The molecule has 0 aromatic carbocycles. The van der Waals surface area contributed by atoms with Crippen molar-refractivity contribution in [3.8, 4) is 0 Å². The fourth-order valence-electron chi connectivity index (χ4n) is 1.85. The van der Waals surface area contributed by atoms with Crippen LogP contribution >= 0.6 is 0 Å². The first-order chi connectivity index (χ1) is 7.84. The molecule has 1 rings (SSSR count). The molecule has 1 fully saturated rings. The van der Waals surface area contributed by atoms with Crippen molar-refractivity contribution in [1.29, 1.82) is 0 Å². The molecule has 2 N–H and O–H groups in total. The maximum Gasteiger partial charge on any atom is 0.232 e. The Morgan fingerprint density at radius 2 is 1.71 bits per heavy atom. The molecule has 0 aliphatic carbocycles. The zero-order valence-corrected chi connectivity index (χ0v) is 10.9. The minimum Gasteiger partial charge on any atom is -0.390 e. The zero-order chi connectivity index (χ0) is 13.2. The average molecular weight is 242 g/mol. The Kier molecular flexibility index (Phi) is 4.65. The van der Waals surface area contributed by atoms with E-state index in [1.165, 1.54) is 4.90 Å². The number of hydrogen-bond donors (Lipinski definition) is 2. The minimum absolute atomic E-state index is 0.0894. The lowest BCUT2D eigenvalue weighted by atomic mass is 10.00. The summed E-state index contributed by atoms with van der Waals surface area (Å²) in [6.45, 7) is 7.93. The summed E-state index contributed by atoms with van der Waals surface area (Å²) in [4.78, 5) is 24.7. The molecule has 0 aromatic rings. The van der Waals surface area contributed by atoms with Gasteiger partial charge in [-0.2, -0.15) is 0 Å². The number of aliphatic hydroxyl groups is 1. The van der Waals surface area contributed by atoms with Crippen LogP contribution in [0.25, 0.3) is 0 Å². The molecule has 1 saturated heterocycles. The molecule has 5 nitrogen and oxygen atoms in total. The Morgan fingerprint density at radius 1 is 1.24 bits per heavy atom. The molecule has 2 amide bonds. The van der Waals surface area contributed by atoms with Crippen LogP contribution in [-0.4, -0.2) is 47.1 Å². The number of carbonyl (C=O) groups is 2. The largest absolute Gasteiger partial charge is 0.390 e. The van der Waals surface area contributed by atoms with E-state index < -0.39 is 6.10 Å². The number of β-amino-alcohol motifs (C(OH)–C–C–N with tert-alkyl or cyclic N) is 1. The fourth-order valence-corrected chi connectivity index (χ4v) is 1.85. The highest BCUT2D eigenvalue weighted by Gasteiger charge is 2.42.